The third-order valence-electron chi connectivity index (χ3n) is 3.63. The monoisotopic (exact) mass is 296 g/mol. The van der Waals surface area contributed by atoms with Crippen LogP contribution >= 0.6 is 0 Å². The Hall–Kier alpha value is -2.29. The van der Waals surface area contributed by atoms with Gasteiger partial charge < -0.3 is 10.2 Å². The van der Waals surface area contributed by atoms with Crippen molar-refractivity contribution in [2.24, 2.45) is 0 Å². The molecule has 0 bridgehead atoms. The van der Waals surface area contributed by atoms with E-state index >= 15 is 0 Å². The summed E-state index contributed by atoms with van der Waals surface area (Å²) in [6.45, 7) is 7.08. The summed E-state index contributed by atoms with van der Waals surface area (Å²) < 4.78 is 0. The van der Waals surface area contributed by atoms with Crippen LogP contribution in [0.25, 0.3) is 0 Å². The second kappa shape index (κ2) is 7.64. The molecule has 0 aliphatic heterocycles. The van der Waals surface area contributed by atoms with E-state index in [2.05, 4.69) is 55.3 Å². The lowest BCUT2D eigenvalue weighted by Crippen LogP contribution is -2.33. The topological polar surface area (TPSA) is 32.3 Å². The molecule has 0 saturated carbocycles. The molecule has 3 nitrogen and oxygen atoms in total. The van der Waals surface area contributed by atoms with Crippen LogP contribution in [-0.4, -0.2) is 18.5 Å². The van der Waals surface area contributed by atoms with Gasteiger partial charge >= 0.3 is 0 Å². The number of anilines is 2. The molecule has 0 aliphatic rings. The van der Waals surface area contributed by atoms with Gasteiger partial charge in [0.15, 0.2) is 0 Å². The summed E-state index contributed by atoms with van der Waals surface area (Å²) in [5, 5.41) is 2.93. The van der Waals surface area contributed by atoms with Crippen molar-refractivity contribution in [1.82, 2.24) is 0 Å². The van der Waals surface area contributed by atoms with Gasteiger partial charge in [0.2, 0.25) is 5.91 Å². The Labute approximate surface area is 133 Å². The average molecular weight is 296 g/mol. The number of nitrogens with zero attached hydrogens (tertiary/aromatic N) is 1. The van der Waals surface area contributed by atoms with Crippen LogP contribution < -0.4 is 10.2 Å². The van der Waals surface area contributed by atoms with Crippen molar-refractivity contribution >= 4 is 17.3 Å². The number of para-hydroxylation sites is 1. The molecule has 0 saturated heterocycles. The van der Waals surface area contributed by atoms with Crippen molar-refractivity contribution < 1.29 is 4.79 Å². The molecular weight excluding hydrogens is 272 g/mol. The number of nitrogens with one attached hydrogen (secondary N) is 1. The van der Waals surface area contributed by atoms with Gasteiger partial charge in [-0.25, -0.2) is 0 Å². The number of aryl methyl sites for hydroxylation is 1. The van der Waals surface area contributed by atoms with E-state index in [0.29, 0.717) is 19.0 Å². The van der Waals surface area contributed by atoms with Crippen LogP contribution in [0.5, 0.6) is 0 Å². The van der Waals surface area contributed by atoms with Crippen molar-refractivity contribution in [3.63, 3.8) is 0 Å². The third-order valence-corrected chi connectivity index (χ3v) is 3.63. The molecule has 2 rings (SSSR count). The summed E-state index contributed by atoms with van der Waals surface area (Å²) >= 11 is 0. The molecule has 0 heterocycles. The fourth-order valence-electron chi connectivity index (χ4n) is 2.39. The second-order valence-electron chi connectivity index (χ2n) is 5.79. The summed E-state index contributed by atoms with van der Waals surface area (Å²) in [6.07, 6.45) is 0.473. The van der Waals surface area contributed by atoms with Gasteiger partial charge in [0.1, 0.15) is 0 Å². The summed E-state index contributed by atoms with van der Waals surface area (Å²) in [4.78, 5) is 14.3. The molecule has 0 aliphatic carbocycles. The highest BCUT2D eigenvalue weighted by atomic mass is 16.1. The summed E-state index contributed by atoms with van der Waals surface area (Å²) in [6, 6.07) is 18.4. The minimum absolute atomic E-state index is 0.0453. The molecule has 0 atom stereocenters. The highest BCUT2D eigenvalue weighted by Crippen LogP contribution is 2.18. The van der Waals surface area contributed by atoms with Crippen molar-refractivity contribution in [2.75, 3.05) is 16.8 Å². The highest BCUT2D eigenvalue weighted by Gasteiger charge is 2.12. The molecule has 22 heavy (non-hydrogen) atoms. The van der Waals surface area contributed by atoms with E-state index in [1.54, 1.807) is 0 Å². The third kappa shape index (κ3) is 4.62. The van der Waals surface area contributed by atoms with E-state index in [9.17, 15) is 4.79 Å². The van der Waals surface area contributed by atoms with Gasteiger partial charge in [-0.05, 0) is 45.0 Å². The van der Waals surface area contributed by atoms with Crippen LogP contribution in [0.2, 0.25) is 0 Å². The predicted octanol–water partition coefficient (Wildman–Crippen LogP) is 4.24. The quantitative estimate of drug-likeness (QED) is 0.864. The fourth-order valence-corrected chi connectivity index (χ4v) is 2.39. The first-order chi connectivity index (χ1) is 10.6. The van der Waals surface area contributed by atoms with E-state index in [4.69, 9.17) is 0 Å². The maximum atomic E-state index is 12.1. The zero-order valence-corrected chi connectivity index (χ0v) is 13.5. The van der Waals surface area contributed by atoms with Gasteiger partial charge in [-0.2, -0.15) is 0 Å². The molecular formula is C19H24N2O. The van der Waals surface area contributed by atoms with Gasteiger partial charge in [-0.15, -0.1) is 0 Å². The van der Waals surface area contributed by atoms with Gasteiger partial charge in [-0.1, -0.05) is 35.9 Å². The molecule has 2 aromatic rings. The average Bonchev–Trinajstić information content (AvgIpc) is 2.50. The first-order valence-electron chi connectivity index (χ1n) is 7.74. The number of rotatable bonds is 6. The maximum absolute atomic E-state index is 12.1. The molecule has 2 aromatic carbocycles. The highest BCUT2D eigenvalue weighted by molar-refractivity contribution is 5.91. The molecule has 3 heteroatoms. The Morgan fingerprint density at radius 1 is 1.05 bits per heavy atom. The predicted molar refractivity (Wildman–Crippen MR) is 93.3 cm³/mol. The van der Waals surface area contributed by atoms with E-state index in [-0.39, 0.29) is 5.91 Å². The lowest BCUT2D eigenvalue weighted by molar-refractivity contribution is -0.116. The number of carbonyl (C=O) groups excluding carboxylic acids is 1. The summed E-state index contributed by atoms with van der Waals surface area (Å²) in [7, 11) is 0. The van der Waals surface area contributed by atoms with Crippen LogP contribution in [0.15, 0.2) is 54.6 Å². The lowest BCUT2D eigenvalue weighted by atomic mass is 10.1. The van der Waals surface area contributed by atoms with E-state index in [0.717, 1.165) is 11.4 Å². The van der Waals surface area contributed by atoms with E-state index in [1.165, 1.54) is 5.56 Å². The van der Waals surface area contributed by atoms with Crippen LogP contribution in [0, 0.1) is 6.92 Å². The molecule has 1 amide bonds. The smallest absolute Gasteiger partial charge is 0.226 e. The number of carbonyl (C=O) groups is 1. The first-order valence-corrected chi connectivity index (χ1v) is 7.74. The SMILES string of the molecule is Cc1ccc(N(CCC(=O)Nc2ccccc2)C(C)C)cc1. The standard InChI is InChI=1S/C19H24N2O/c1-15(2)21(18-11-9-16(3)10-12-18)14-13-19(22)20-17-7-5-4-6-8-17/h4-12,15H,13-14H2,1-3H3,(H,20,22). The summed E-state index contributed by atoms with van der Waals surface area (Å²) in [5.41, 5.74) is 3.25. The number of hydrogen-bond donors (Lipinski definition) is 1. The molecule has 0 unspecified atom stereocenters. The van der Waals surface area contributed by atoms with Crippen molar-refractivity contribution in [2.45, 2.75) is 33.2 Å². The van der Waals surface area contributed by atoms with Gasteiger partial charge in [0.25, 0.3) is 0 Å². The Morgan fingerprint density at radius 2 is 1.68 bits per heavy atom. The van der Waals surface area contributed by atoms with E-state index < -0.39 is 0 Å². The Balaban J connectivity index is 1.94. The second-order valence-corrected chi connectivity index (χ2v) is 5.79. The zero-order chi connectivity index (χ0) is 15.9. The van der Waals surface area contributed by atoms with Crippen molar-refractivity contribution in [3.8, 4) is 0 Å². The lowest BCUT2D eigenvalue weighted by Gasteiger charge is -2.29. The number of hydrogen-bond acceptors (Lipinski definition) is 2. The van der Waals surface area contributed by atoms with E-state index in [1.807, 2.05) is 30.3 Å². The molecule has 0 fully saturated rings. The minimum atomic E-state index is 0.0453. The van der Waals surface area contributed by atoms with Crippen LogP contribution in [0.3, 0.4) is 0 Å². The normalized spacial score (nSPS) is 10.5. The maximum Gasteiger partial charge on any atom is 0.226 e. The molecule has 0 aromatic heterocycles. The van der Waals surface area contributed by atoms with Crippen LogP contribution in [0.4, 0.5) is 11.4 Å². The Bertz CT molecular complexity index is 591. The minimum Gasteiger partial charge on any atom is -0.369 e. The molecule has 0 radical (unpaired) electrons. The van der Waals surface area contributed by atoms with Crippen LogP contribution in [0.1, 0.15) is 25.8 Å². The van der Waals surface area contributed by atoms with Crippen LogP contribution in [-0.2, 0) is 4.79 Å². The van der Waals surface area contributed by atoms with Gasteiger partial charge in [0.05, 0.1) is 0 Å². The van der Waals surface area contributed by atoms with Crippen molar-refractivity contribution in [1.29, 1.82) is 0 Å². The Morgan fingerprint density at radius 3 is 2.27 bits per heavy atom. The van der Waals surface area contributed by atoms with Gasteiger partial charge in [0, 0.05) is 30.4 Å². The molecule has 1 N–H and O–H groups in total. The first kappa shape index (κ1) is 16.1. The summed E-state index contributed by atoms with van der Waals surface area (Å²) in [5.74, 6) is 0.0453. The largest absolute Gasteiger partial charge is 0.369 e. The molecule has 0 spiro atoms. The fraction of sp³-hybridized carbons (Fsp3) is 0.316. The number of benzene rings is 2. The van der Waals surface area contributed by atoms with Gasteiger partial charge in [-0.3, -0.25) is 4.79 Å². The zero-order valence-electron chi connectivity index (χ0n) is 13.5. The Kier molecular flexibility index (Phi) is 5.59. The molecule has 116 valence electrons. The number of amides is 1. The van der Waals surface area contributed by atoms with Crippen molar-refractivity contribution in [3.05, 3.63) is 60.2 Å².